The number of nitrogens with zero attached hydrogens (tertiary/aromatic N) is 2. The molecule has 0 spiro atoms. The number of guanidine groups is 1. The van der Waals surface area contributed by atoms with Crippen LogP contribution < -0.4 is 16.8 Å². The molecule has 1 fully saturated rings. The first-order valence-corrected chi connectivity index (χ1v) is 8.29. The first-order chi connectivity index (χ1) is 11.1. The Kier molecular flexibility index (Phi) is 6.87. The Morgan fingerprint density at radius 3 is 2.52 bits per heavy atom. The van der Waals surface area contributed by atoms with E-state index >= 15 is 0 Å². The van der Waals surface area contributed by atoms with Crippen molar-refractivity contribution in [3.8, 4) is 0 Å². The number of aliphatic imine (C=N–C) groups is 1. The number of anilines is 1. The smallest absolute Gasteiger partial charge is 0.220 e. The number of carbonyl (C=O) groups excluding carboxylic acids is 1. The van der Waals surface area contributed by atoms with Crippen LogP contribution in [0.5, 0.6) is 0 Å². The lowest BCUT2D eigenvalue weighted by Crippen LogP contribution is -2.38. The van der Waals surface area contributed by atoms with Crippen molar-refractivity contribution in [2.75, 3.05) is 31.5 Å². The third-order valence-electron chi connectivity index (χ3n) is 4.20. The predicted molar refractivity (Wildman–Crippen MR) is 94.1 cm³/mol. The molecule has 1 aromatic carbocycles. The second kappa shape index (κ2) is 9.15. The van der Waals surface area contributed by atoms with Gasteiger partial charge in [0.2, 0.25) is 5.91 Å². The minimum atomic E-state index is -0.152. The number of nitrogens with one attached hydrogen (secondary N) is 1. The molecule has 5 N–H and O–H groups in total. The van der Waals surface area contributed by atoms with Crippen molar-refractivity contribution in [3.63, 3.8) is 0 Å². The standard InChI is InChI=1S/C17H27N5O/c18-16(23)14-8-12-22(13-9-14)11-5-4-10-20-17(19)21-15-6-2-1-3-7-15/h1-3,6-7,14H,4-5,8-13H2,(H2,18,23)(H3,19,20,21). The highest BCUT2D eigenvalue weighted by Gasteiger charge is 2.22. The number of likely N-dealkylation sites (tertiary alicyclic amines) is 1. The summed E-state index contributed by atoms with van der Waals surface area (Å²) in [4.78, 5) is 17.9. The number of nitrogens with two attached hydrogens (primary N) is 2. The third-order valence-corrected chi connectivity index (χ3v) is 4.20. The van der Waals surface area contributed by atoms with Gasteiger partial charge in [0.05, 0.1) is 0 Å². The molecule has 0 atom stereocenters. The van der Waals surface area contributed by atoms with Crippen LogP contribution in [0.3, 0.4) is 0 Å². The quantitative estimate of drug-likeness (QED) is 0.402. The Morgan fingerprint density at radius 1 is 1.17 bits per heavy atom. The number of para-hydroxylation sites is 1. The zero-order chi connectivity index (χ0) is 16.5. The number of rotatable bonds is 7. The van der Waals surface area contributed by atoms with Crippen molar-refractivity contribution in [1.29, 1.82) is 0 Å². The molecule has 0 bridgehead atoms. The number of carbonyl (C=O) groups is 1. The van der Waals surface area contributed by atoms with Gasteiger partial charge in [-0.05, 0) is 57.5 Å². The molecule has 1 heterocycles. The molecular weight excluding hydrogens is 290 g/mol. The van der Waals surface area contributed by atoms with E-state index in [1.165, 1.54) is 0 Å². The average Bonchev–Trinajstić information content (AvgIpc) is 2.56. The third kappa shape index (κ3) is 6.28. The topological polar surface area (TPSA) is 96.7 Å². The molecule has 6 nitrogen and oxygen atoms in total. The van der Waals surface area contributed by atoms with E-state index in [4.69, 9.17) is 11.5 Å². The Hall–Kier alpha value is -2.08. The zero-order valence-corrected chi connectivity index (χ0v) is 13.6. The summed E-state index contributed by atoms with van der Waals surface area (Å²) in [6.45, 7) is 3.71. The summed E-state index contributed by atoms with van der Waals surface area (Å²) in [5.41, 5.74) is 12.2. The summed E-state index contributed by atoms with van der Waals surface area (Å²) in [6.07, 6.45) is 3.87. The molecule has 0 aromatic heterocycles. The summed E-state index contributed by atoms with van der Waals surface area (Å²) in [6, 6.07) is 9.79. The maximum absolute atomic E-state index is 11.1. The van der Waals surface area contributed by atoms with Crippen LogP contribution in [0.15, 0.2) is 35.3 Å². The summed E-state index contributed by atoms with van der Waals surface area (Å²) < 4.78 is 0. The van der Waals surface area contributed by atoms with E-state index in [1.54, 1.807) is 0 Å². The van der Waals surface area contributed by atoms with Gasteiger partial charge >= 0.3 is 0 Å². The number of hydrogen-bond donors (Lipinski definition) is 3. The highest BCUT2D eigenvalue weighted by molar-refractivity contribution is 5.92. The van der Waals surface area contributed by atoms with Gasteiger partial charge in [-0.1, -0.05) is 18.2 Å². The average molecular weight is 317 g/mol. The van der Waals surface area contributed by atoms with Crippen LogP contribution in [0.25, 0.3) is 0 Å². The van der Waals surface area contributed by atoms with Crippen LogP contribution in [0.2, 0.25) is 0 Å². The van der Waals surface area contributed by atoms with Crippen molar-refractivity contribution < 1.29 is 4.79 Å². The summed E-state index contributed by atoms with van der Waals surface area (Å²) >= 11 is 0. The maximum atomic E-state index is 11.1. The predicted octanol–water partition coefficient (Wildman–Crippen LogP) is 1.39. The number of benzene rings is 1. The van der Waals surface area contributed by atoms with Gasteiger partial charge in [0, 0.05) is 18.2 Å². The Morgan fingerprint density at radius 2 is 1.87 bits per heavy atom. The first kappa shape index (κ1) is 17.3. The molecule has 0 radical (unpaired) electrons. The SMILES string of the molecule is NC(=O)C1CCN(CCCCN=C(N)Nc2ccccc2)CC1. The Balaban J connectivity index is 1.57. The van der Waals surface area contributed by atoms with Gasteiger partial charge in [0.25, 0.3) is 0 Å². The molecule has 0 aliphatic carbocycles. The van der Waals surface area contributed by atoms with Crippen molar-refractivity contribution >= 4 is 17.6 Å². The lowest BCUT2D eigenvalue weighted by atomic mass is 9.96. The second-order valence-corrected chi connectivity index (χ2v) is 5.98. The normalized spacial score (nSPS) is 17.1. The summed E-state index contributed by atoms with van der Waals surface area (Å²) in [5.74, 6) is 0.374. The highest BCUT2D eigenvalue weighted by atomic mass is 16.1. The molecule has 6 heteroatoms. The van der Waals surface area contributed by atoms with Crippen molar-refractivity contribution in [2.24, 2.45) is 22.4 Å². The number of amides is 1. The fraction of sp³-hybridized carbons (Fsp3) is 0.529. The molecule has 2 rings (SSSR count). The van der Waals surface area contributed by atoms with Crippen LogP contribution in [0.4, 0.5) is 5.69 Å². The molecule has 0 saturated carbocycles. The lowest BCUT2D eigenvalue weighted by molar-refractivity contribution is -0.123. The zero-order valence-electron chi connectivity index (χ0n) is 13.6. The van der Waals surface area contributed by atoms with Crippen LogP contribution in [-0.2, 0) is 4.79 Å². The van der Waals surface area contributed by atoms with Crippen molar-refractivity contribution in [3.05, 3.63) is 30.3 Å². The molecule has 0 unspecified atom stereocenters. The monoisotopic (exact) mass is 317 g/mol. The Bertz CT molecular complexity index is 509. The van der Waals surface area contributed by atoms with E-state index in [-0.39, 0.29) is 11.8 Å². The van der Waals surface area contributed by atoms with Crippen molar-refractivity contribution in [2.45, 2.75) is 25.7 Å². The number of primary amides is 1. The summed E-state index contributed by atoms with van der Waals surface area (Å²) in [7, 11) is 0. The summed E-state index contributed by atoms with van der Waals surface area (Å²) in [5, 5.41) is 3.07. The van der Waals surface area contributed by atoms with E-state index in [0.29, 0.717) is 5.96 Å². The van der Waals surface area contributed by atoms with Gasteiger partial charge < -0.3 is 21.7 Å². The fourth-order valence-electron chi connectivity index (χ4n) is 2.80. The van der Waals surface area contributed by atoms with Gasteiger partial charge in [0.15, 0.2) is 5.96 Å². The first-order valence-electron chi connectivity index (χ1n) is 8.29. The van der Waals surface area contributed by atoms with Crippen molar-refractivity contribution in [1.82, 2.24) is 4.90 Å². The largest absolute Gasteiger partial charge is 0.370 e. The molecule has 1 saturated heterocycles. The maximum Gasteiger partial charge on any atom is 0.220 e. The van der Waals surface area contributed by atoms with Crippen LogP contribution in [0, 0.1) is 5.92 Å². The lowest BCUT2D eigenvalue weighted by Gasteiger charge is -2.30. The van der Waals surface area contributed by atoms with E-state index in [1.807, 2.05) is 30.3 Å². The molecule has 1 aliphatic heterocycles. The molecule has 23 heavy (non-hydrogen) atoms. The highest BCUT2D eigenvalue weighted by Crippen LogP contribution is 2.16. The van der Waals surface area contributed by atoms with Gasteiger partial charge in [-0.25, -0.2) is 0 Å². The van der Waals surface area contributed by atoms with E-state index in [9.17, 15) is 4.79 Å². The number of unbranched alkanes of at least 4 members (excludes halogenated alkanes) is 1. The van der Waals surface area contributed by atoms with E-state index in [2.05, 4.69) is 15.2 Å². The number of hydrogen-bond acceptors (Lipinski definition) is 3. The van der Waals surface area contributed by atoms with Crippen LogP contribution in [-0.4, -0.2) is 42.9 Å². The van der Waals surface area contributed by atoms with Gasteiger partial charge in [-0.15, -0.1) is 0 Å². The number of piperidine rings is 1. The van der Waals surface area contributed by atoms with Crippen LogP contribution >= 0.6 is 0 Å². The second-order valence-electron chi connectivity index (χ2n) is 5.98. The minimum Gasteiger partial charge on any atom is -0.370 e. The van der Waals surface area contributed by atoms with Gasteiger partial charge in [-0.2, -0.15) is 0 Å². The molecule has 1 aromatic rings. The van der Waals surface area contributed by atoms with E-state index < -0.39 is 0 Å². The molecule has 1 amide bonds. The molecule has 1 aliphatic rings. The van der Waals surface area contributed by atoms with E-state index in [0.717, 1.165) is 57.5 Å². The Labute approximate surface area is 137 Å². The van der Waals surface area contributed by atoms with Gasteiger partial charge in [-0.3, -0.25) is 9.79 Å². The molecular formula is C17H27N5O. The minimum absolute atomic E-state index is 0.0692. The fourth-order valence-corrected chi connectivity index (χ4v) is 2.80. The van der Waals surface area contributed by atoms with Crippen LogP contribution in [0.1, 0.15) is 25.7 Å². The molecule has 126 valence electrons. The van der Waals surface area contributed by atoms with Gasteiger partial charge in [0.1, 0.15) is 0 Å².